The summed E-state index contributed by atoms with van der Waals surface area (Å²) in [7, 11) is -3.51. The Hall–Kier alpha value is -0.780. The third-order valence-electron chi connectivity index (χ3n) is 2.52. The molecule has 0 heterocycles. The molecule has 2 amide bonds. The van der Waals surface area contributed by atoms with E-state index < -0.39 is 16.1 Å². The summed E-state index contributed by atoms with van der Waals surface area (Å²) >= 11 is 0. The Morgan fingerprint density at radius 3 is 1.94 bits per heavy atom. The van der Waals surface area contributed by atoms with Crippen LogP contribution in [-0.4, -0.2) is 20.2 Å². The SMILES string of the molecule is CCCCCCCCCCS(=O)(=O)NC(N)=O. The summed E-state index contributed by atoms with van der Waals surface area (Å²) in [6, 6.07) is -1.01. The molecule has 0 saturated heterocycles. The molecule has 102 valence electrons. The number of nitrogens with one attached hydrogen (secondary N) is 1. The summed E-state index contributed by atoms with van der Waals surface area (Å²) in [5.41, 5.74) is 4.75. The standard InChI is InChI=1S/C11H24N2O3S/c1-2-3-4-5-6-7-8-9-10-17(15,16)13-11(12)14/h2-10H2,1H3,(H3,12,13,14). The maximum absolute atomic E-state index is 11.2. The van der Waals surface area contributed by atoms with Gasteiger partial charge in [-0.05, 0) is 6.42 Å². The van der Waals surface area contributed by atoms with Crippen molar-refractivity contribution in [3.8, 4) is 0 Å². The van der Waals surface area contributed by atoms with Gasteiger partial charge in [-0.15, -0.1) is 0 Å². The summed E-state index contributed by atoms with van der Waals surface area (Å²) in [5, 5.41) is 0. The minimum atomic E-state index is -3.51. The van der Waals surface area contributed by atoms with Crippen molar-refractivity contribution >= 4 is 16.1 Å². The van der Waals surface area contributed by atoms with E-state index in [-0.39, 0.29) is 5.75 Å². The fourth-order valence-electron chi connectivity index (χ4n) is 1.63. The van der Waals surface area contributed by atoms with Gasteiger partial charge in [0.2, 0.25) is 10.0 Å². The molecule has 0 atom stereocenters. The van der Waals surface area contributed by atoms with Crippen LogP contribution in [0.3, 0.4) is 0 Å². The minimum absolute atomic E-state index is 0.0229. The maximum Gasteiger partial charge on any atom is 0.325 e. The van der Waals surface area contributed by atoms with E-state index in [0.717, 1.165) is 19.3 Å². The van der Waals surface area contributed by atoms with Crippen LogP contribution in [0.25, 0.3) is 0 Å². The predicted molar refractivity (Wildman–Crippen MR) is 69.1 cm³/mol. The summed E-state index contributed by atoms with van der Waals surface area (Å²) in [6.45, 7) is 2.18. The van der Waals surface area contributed by atoms with Crippen molar-refractivity contribution in [3.05, 3.63) is 0 Å². The van der Waals surface area contributed by atoms with Gasteiger partial charge >= 0.3 is 6.03 Å². The Morgan fingerprint density at radius 1 is 1.00 bits per heavy atom. The van der Waals surface area contributed by atoms with Gasteiger partial charge in [-0.2, -0.15) is 0 Å². The van der Waals surface area contributed by atoms with Crippen LogP contribution < -0.4 is 10.5 Å². The van der Waals surface area contributed by atoms with Crippen molar-refractivity contribution < 1.29 is 13.2 Å². The second-order valence-electron chi connectivity index (χ2n) is 4.26. The molecule has 0 aromatic carbocycles. The molecule has 0 aromatic rings. The van der Waals surface area contributed by atoms with Gasteiger partial charge in [0.05, 0.1) is 5.75 Å². The molecule has 0 aliphatic carbocycles. The van der Waals surface area contributed by atoms with Gasteiger partial charge in [0.25, 0.3) is 0 Å². The largest absolute Gasteiger partial charge is 0.351 e. The summed E-state index contributed by atoms with van der Waals surface area (Å²) in [6.07, 6.45) is 8.66. The minimum Gasteiger partial charge on any atom is -0.351 e. The molecule has 0 aliphatic rings. The first-order valence-electron chi connectivity index (χ1n) is 6.28. The normalized spacial score (nSPS) is 11.4. The third kappa shape index (κ3) is 11.5. The van der Waals surface area contributed by atoms with Gasteiger partial charge in [0.1, 0.15) is 0 Å². The van der Waals surface area contributed by atoms with Crippen LogP contribution in [-0.2, 0) is 10.0 Å². The van der Waals surface area contributed by atoms with Crippen LogP contribution in [0.4, 0.5) is 4.79 Å². The zero-order valence-corrected chi connectivity index (χ0v) is 11.4. The van der Waals surface area contributed by atoms with Gasteiger partial charge in [0, 0.05) is 0 Å². The maximum atomic E-state index is 11.2. The van der Waals surface area contributed by atoms with Crippen molar-refractivity contribution in [2.24, 2.45) is 5.73 Å². The average molecular weight is 264 g/mol. The second kappa shape index (κ2) is 9.27. The molecule has 5 nitrogen and oxygen atoms in total. The van der Waals surface area contributed by atoms with Crippen molar-refractivity contribution in [1.82, 2.24) is 4.72 Å². The second-order valence-corrected chi connectivity index (χ2v) is 6.10. The van der Waals surface area contributed by atoms with Gasteiger partial charge < -0.3 is 5.73 Å². The molecule has 0 fully saturated rings. The highest BCUT2D eigenvalue weighted by atomic mass is 32.2. The molecule has 6 heteroatoms. The summed E-state index contributed by atoms with van der Waals surface area (Å²) < 4.78 is 24.2. The molecular formula is C11H24N2O3S. The first-order valence-corrected chi connectivity index (χ1v) is 7.93. The molecule has 17 heavy (non-hydrogen) atoms. The topological polar surface area (TPSA) is 89.3 Å². The number of carbonyl (C=O) groups excluding carboxylic acids is 1. The number of hydrogen-bond acceptors (Lipinski definition) is 3. The molecule has 0 radical (unpaired) electrons. The Labute approximate surface area is 104 Å². The highest BCUT2D eigenvalue weighted by Gasteiger charge is 2.10. The van der Waals surface area contributed by atoms with E-state index in [1.54, 1.807) is 4.72 Å². The molecule has 0 aliphatic heterocycles. The molecule has 0 unspecified atom stereocenters. The number of urea groups is 1. The Balaban J connectivity index is 3.42. The quantitative estimate of drug-likeness (QED) is 0.592. The fourth-order valence-corrected chi connectivity index (χ4v) is 2.62. The highest BCUT2D eigenvalue weighted by molar-refractivity contribution is 7.90. The van der Waals surface area contributed by atoms with Crippen LogP contribution in [0, 0.1) is 0 Å². The van der Waals surface area contributed by atoms with E-state index in [1.807, 2.05) is 0 Å². The summed E-state index contributed by atoms with van der Waals surface area (Å²) in [5.74, 6) is -0.0229. The van der Waals surface area contributed by atoms with Crippen molar-refractivity contribution in [1.29, 1.82) is 0 Å². The number of unbranched alkanes of at least 4 members (excludes halogenated alkanes) is 7. The number of nitrogens with two attached hydrogens (primary N) is 1. The number of sulfonamides is 1. The zero-order valence-electron chi connectivity index (χ0n) is 10.6. The smallest absolute Gasteiger partial charge is 0.325 e. The van der Waals surface area contributed by atoms with E-state index >= 15 is 0 Å². The lowest BCUT2D eigenvalue weighted by molar-refractivity contribution is 0.253. The van der Waals surface area contributed by atoms with Crippen LogP contribution in [0.15, 0.2) is 0 Å². The van der Waals surface area contributed by atoms with Crippen LogP contribution in [0.2, 0.25) is 0 Å². The number of hydrogen-bond donors (Lipinski definition) is 2. The van der Waals surface area contributed by atoms with E-state index in [0.29, 0.717) is 6.42 Å². The van der Waals surface area contributed by atoms with Crippen molar-refractivity contribution in [2.45, 2.75) is 58.3 Å². The number of amides is 2. The van der Waals surface area contributed by atoms with E-state index in [4.69, 9.17) is 5.73 Å². The molecule has 0 rings (SSSR count). The first kappa shape index (κ1) is 16.2. The number of rotatable bonds is 10. The Kier molecular flexibility index (Phi) is 8.85. The fraction of sp³-hybridized carbons (Fsp3) is 0.909. The number of primary amides is 1. The van der Waals surface area contributed by atoms with Crippen LogP contribution in [0.5, 0.6) is 0 Å². The molecule has 0 aromatic heterocycles. The lowest BCUT2D eigenvalue weighted by Crippen LogP contribution is -2.36. The monoisotopic (exact) mass is 264 g/mol. The van der Waals surface area contributed by atoms with Crippen LogP contribution in [0.1, 0.15) is 58.3 Å². The lowest BCUT2D eigenvalue weighted by atomic mass is 10.1. The molecule has 0 bridgehead atoms. The molecular weight excluding hydrogens is 240 g/mol. The Morgan fingerprint density at radius 2 is 1.47 bits per heavy atom. The van der Waals surface area contributed by atoms with Gasteiger partial charge in [-0.1, -0.05) is 51.9 Å². The van der Waals surface area contributed by atoms with Gasteiger partial charge in [-0.25, -0.2) is 17.9 Å². The van der Waals surface area contributed by atoms with Crippen molar-refractivity contribution in [2.75, 3.05) is 5.75 Å². The third-order valence-corrected chi connectivity index (χ3v) is 3.86. The highest BCUT2D eigenvalue weighted by Crippen LogP contribution is 2.08. The van der Waals surface area contributed by atoms with E-state index in [9.17, 15) is 13.2 Å². The summed E-state index contributed by atoms with van der Waals surface area (Å²) in [4.78, 5) is 10.4. The molecule has 0 saturated carbocycles. The number of carbonyl (C=O) groups is 1. The van der Waals surface area contributed by atoms with Crippen LogP contribution >= 0.6 is 0 Å². The van der Waals surface area contributed by atoms with Crippen molar-refractivity contribution in [3.63, 3.8) is 0 Å². The molecule has 3 N–H and O–H groups in total. The van der Waals surface area contributed by atoms with Gasteiger partial charge in [-0.3, -0.25) is 0 Å². The Bertz CT molecular complexity index is 302. The van der Waals surface area contributed by atoms with Gasteiger partial charge in [0.15, 0.2) is 0 Å². The van der Waals surface area contributed by atoms with E-state index in [2.05, 4.69) is 6.92 Å². The zero-order chi connectivity index (χ0) is 13.1. The first-order chi connectivity index (χ1) is 7.98. The molecule has 0 spiro atoms. The lowest BCUT2D eigenvalue weighted by Gasteiger charge is -2.04. The predicted octanol–water partition coefficient (Wildman–Crippen LogP) is 2.13. The van der Waals surface area contributed by atoms with E-state index in [1.165, 1.54) is 25.7 Å². The average Bonchev–Trinajstić information content (AvgIpc) is 2.20.